The van der Waals surface area contributed by atoms with Crippen LogP contribution in [0.2, 0.25) is 0 Å². The predicted octanol–water partition coefficient (Wildman–Crippen LogP) is 3.23. The van der Waals surface area contributed by atoms with Gasteiger partial charge in [0.25, 0.3) is 0 Å². The Hall–Kier alpha value is -1.35. The molecule has 176 valence electrons. The number of likely N-dealkylation sites (tertiary alicyclic amines) is 1. The first-order valence-corrected chi connectivity index (χ1v) is 11.4. The summed E-state index contributed by atoms with van der Waals surface area (Å²) in [7, 11) is 6.10. The first kappa shape index (κ1) is 27.7. The molecular weight excluding hydrogens is 501 g/mol. The van der Waals surface area contributed by atoms with Crippen molar-refractivity contribution in [1.29, 1.82) is 0 Å². The van der Waals surface area contributed by atoms with Gasteiger partial charge < -0.3 is 20.4 Å². The molecule has 2 N–H and O–H groups in total. The minimum Gasteiger partial charge on any atom is -0.356 e. The van der Waals surface area contributed by atoms with Crippen molar-refractivity contribution in [2.24, 2.45) is 16.8 Å². The van der Waals surface area contributed by atoms with Gasteiger partial charge in [0.2, 0.25) is 5.91 Å². The van der Waals surface area contributed by atoms with Crippen molar-refractivity contribution in [3.05, 3.63) is 35.9 Å². The lowest BCUT2D eigenvalue weighted by Crippen LogP contribution is -2.48. The zero-order valence-electron chi connectivity index (χ0n) is 19.9. The maximum atomic E-state index is 12.4. The van der Waals surface area contributed by atoms with Gasteiger partial charge in [-0.15, -0.1) is 24.0 Å². The van der Waals surface area contributed by atoms with E-state index in [9.17, 15) is 4.79 Å². The van der Waals surface area contributed by atoms with Gasteiger partial charge in [-0.05, 0) is 32.0 Å². The second-order valence-electron chi connectivity index (χ2n) is 8.59. The average Bonchev–Trinajstić information content (AvgIpc) is 3.11. The smallest absolute Gasteiger partial charge is 0.223 e. The van der Waals surface area contributed by atoms with Crippen LogP contribution >= 0.6 is 24.0 Å². The van der Waals surface area contributed by atoms with Crippen molar-refractivity contribution in [2.45, 2.75) is 45.6 Å². The van der Waals surface area contributed by atoms with Crippen molar-refractivity contribution < 1.29 is 4.79 Å². The average molecular weight is 544 g/mol. The van der Waals surface area contributed by atoms with Crippen molar-refractivity contribution in [2.75, 3.05) is 47.3 Å². The number of likely N-dealkylation sites (N-methyl/N-ethyl adjacent to an activating group) is 1. The minimum atomic E-state index is 0. The maximum Gasteiger partial charge on any atom is 0.223 e. The molecule has 1 saturated heterocycles. The highest BCUT2D eigenvalue weighted by atomic mass is 127. The Balaban J connectivity index is 0.00000480. The Morgan fingerprint density at radius 1 is 1.19 bits per heavy atom. The molecule has 1 aromatic rings. The van der Waals surface area contributed by atoms with E-state index in [-0.39, 0.29) is 29.9 Å². The molecule has 1 aliphatic rings. The summed E-state index contributed by atoms with van der Waals surface area (Å²) < 4.78 is 0. The van der Waals surface area contributed by atoms with Crippen molar-refractivity contribution in [3.8, 4) is 0 Å². The summed E-state index contributed by atoms with van der Waals surface area (Å²) in [5, 5.41) is 6.93. The number of hydrogen-bond donors (Lipinski definition) is 2. The molecule has 0 aliphatic carbocycles. The largest absolute Gasteiger partial charge is 0.356 e. The van der Waals surface area contributed by atoms with Crippen LogP contribution in [-0.2, 0) is 11.2 Å². The number of carbonyl (C=O) groups is 1. The number of rotatable bonds is 11. The molecule has 1 fully saturated rings. The Morgan fingerprint density at radius 2 is 1.87 bits per heavy atom. The second-order valence-corrected chi connectivity index (χ2v) is 8.59. The summed E-state index contributed by atoms with van der Waals surface area (Å²) in [6, 6.07) is 10.8. The minimum absolute atomic E-state index is 0. The van der Waals surface area contributed by atoms with Gasteiger partial charge in [-0.2, -0.15) is 0 Å². The molecule has 7 heteroatoms. The fourth-order valence-corrected chi connectivity index (χ4v) is 4.38. The summed E-state index contributed by atoms with van der Waals surface area (Å²) in [6.07, 6.45) is 3.89. The molecule has 0 saturated carbocycles. The predicted molar refractivity (Wildman–Crippen MR) is 141 cm³/mol. The van der Waals surface area contributed by atoms with E-state index in [1.807, 2.05) is 18.0 Å². The van der Waals surface area contributed by atoms with Gasteiger partial charge in [0, 0.05) is 51.6 Å². The third-order valence-electron chi connectivity index (χ3n) is 6.32. The summed E-state index contributed by atoms with van der Waals surface area (Å²) in [4.78, 5) is 21.1. The molecule has 1 amide bonds. The van der Waals surface area contributed by atoms with Crippen LogP contribution in [0.1, 0.15) is 38.7 Å². The van der Waals surface area contributed by atoms with Crippen LogP contribution in [0.25, 0.3) is 0 Å². The van der Waals surface area contributed by atoms with Crippen LogP contribution in [0, 0.1) is 11.8 Å². The summed E-state index contributed by atoms with van der Waals surface area (Å²) in [6.45, 7) is 7.78. The van der Waals surface area contributed by atoms with E-state index < -0.39 is 0 Å². The van der Waals surface area contributed by atoms with E-state index in [1.54, 1.807) is 0 Å². The monoisotopic (exact) mass is 543 g/mol. The summed E-state index contributed by atoms with van der Waals surface area (Å²) in [5.74, 6) is 2.08. The molecule has 2 rings (SSSR count). The zero-order chi connectivity index (χ0) is 21.9. The standard InChI is InChI=1S/C24H41N5O.HI/c1-6-21(7-2)22(28(4)5)17-27-24(25-3)26-16-20-15-23(30)29(18-20)14-13-19-11-9-8-10-12-19;/h8-12,20-22H,6-7,13-18H2,1-5H3,(H2,25,26,27);1H. The highest BCUT2D eigenvalue weighted by molar-refractivity contribution is 14.0. The van der Waals surface area contributed by atoms with Crippen molar-refractivity contribution in [3.63, 3.8) is 0 Å². The van der Waals surface area contributed by atoms with Crippen LogP contribution in [0.5, 0.6) is 0 Å². The van der Waals surface area contributed by atoms with Crippen LogP contribution < -0.4 is 10.6 Å². The topological polar surface area (TPSA) is 60.0 Å². The molecule has 1 heterocycles. The van der Waals surface area contributed by atoms with Crippen LogP contribution in [0.3, 0.4) is 0 Å². The van der Waals surface area contributed by atoms with E-state index in [0.29, 0.717) is 24.3 Å². The third-order valence-corrected chi connectivity index (χ3v) is 6.32. The van der Waals surface area contributed by atoms with Gasteiger partial charge in [0.1, 0.15) is 0 Å². The van der Waals surface area contributed by atoms with Gasteiger partial charge in [0.05, 0.1) is 0 Å². The van der Waals surface area contributed by atoms with Crippen molar-refractivity contribution >= 4 is 35.8 Å². The molecule has 31 heavy (non-hydrogen) atoms. The lowest BCUT2D eigenvalue weighted by atomic mass is 9.93. The number of carbonyl (C=O) groups excluding carboxylic acids is 1. The van der Waals surface area contributed by atoms with Crippen LogP contribution in [-0.4, -0.2) is 75.0 Å². The molecule has 0 aromatic heterocycles. The van der Waals surface area contributed by atoms with E-state index in [4.69, 9.17) is 0 Å². The van der Waals surface area contributed by atoms with E-state index in [2.05, 4.69) is 72.7 Å². The SMILES string of the molecule is CCC(CC)C(CNC(=NC)NCC1CC(=O)N(CCc2ccccc2)C1)N(C)C.I. The van der Waals surface area contributed by atoms with Gasteiger partial charge in [-0.25, -0.2) is 0 Å². The van der Waals surface area contributed by atoms with E-state index in [0.717, 1.165) is 38.6 Å². The number of nitrogens with one attached hydrogen (secondary N) is 2. The molecule has 6 nitrogen and oxygen atoms in total. The number of amides is 1. The Bertz CT molecular complexity index is 663. The van der Waals surface area contributed by atoms with E-state index >= 15 is 0 Å². The summed E-state index contributed by atoms with van der Waals surface area (Å²) >= 11 is 0. The Labute approximate surface area is 206 Å². The highest BCUT2D eigenvalue weighted by Gasteiger charge is 2.29. The summed E-state index contributed by atoms with van der Waals surface area (Å²) in [5.41, 5.74) is 1.28. The fourth-order valence-electron chi connectivity index (χ4n) is 4.38. The maximum absolute atomic E-state index is 12.4. The van der Waals surface area contributed by atoms with Gasteiger partial charge >= 0.3 is 0 Å². The molecule has 0 radical (unpaired) electrons. The molecular formula is C24H42IN5O. The molecule has 0 spiro atoms. The second kappa shape index (κ2) is 14.7. The molecule has 2 atom stereocenters. The number of hydrogen-bond acceptors (Lipinski definition) is 3. The lowest BCUT2D eigenvalue weighted by molar-refractivity contribution is -0.127. The third kappa shape index (κ3) is 8.96. The normalized spacial score (nSPS) is 17.8. The van der Waals surface area contributed by atoms with Gasteiger partial charge in [-0.1, -0.05) is 57.0 Å². The first-order valence-electron chi connectivity index (χ1n) is 11.4. The number of nitrogens with zero attached hydrogens (tertiary/aromatic N) is 3. The number of guanidine groups is 1. The lowest BCUT2D eigenvalue weighted by Gasteiger charge is -2.32. The molecule has 2 unspecified atom stereocenters. The van der Waals surface area contributed by atoms with Gasteiger partial charge in [-0.3, -0.25) is 9.79 Å². The van der Waals surface area contributed by atoms with Crippen LogP contribution in [0.4, 0.5) is 0 Å². The number of aliphatic imine (C=N–C) groups is 1. The van der Waals surface area contributed by atoms with E-state index in [1.165, 1.54) is 18.4 Å². The number of halogens is 1. The van der Waals surface area contributed by atoms with Crippen LogP contribution in [0.15, 0.2) is 35.3 Å². The Morgan fingerprint density at radius 3 is 2.45 bits per heavy atom. The Kier molecular flexibility index (Phi) is 13.1. The number of benzene rings is 1. The zero-order valence-corrected chi connectivity index (χ0v) is 22.3. The molecule has 1 aliphatic heterocycles. The van der Waals surface area contributed by atoms with Crippen molar-refractivity contribution in [1.82, 2.24) is 20.4 Å². The quantitative estimate of drug-likeness (QED) is 0.256. The molecule has 1 aromatic carbocycles. The first-order chi connectivity index (χ1) is 14.5. The van der Waals surface area contributed by atoms with Gasteiger partial charge in [0.15, 0.2) is 5.96 Å². The highest BCUT2D eigenvalue weighted by Crippen LogP contribution is 2.18. The fraction of sp³-hybridized carbons (Fsp3) is 0.667. The molecule has 0 bridgehead atoms.